The first-order chi connectivity index (χ1) is 19.7. The Balaban J connectivity index is 1.50. The number of nitrogens with zero attached hydrogens (tertiary/aromatic N) is 2. The molecule has 41 heavy (non-hydrogen) atoms. The van der Waals surface area contributed by atoms with Crippen molar-refractivity contribution in [3.63, 3.8) is 0 Å². The van der Waals surface area contributed by atoms with Gasteiger partial charge in [0.1, 0.15) is 10.8 Å². The molecule has 2 unspecified atom stereocenters. The van der Waals surface area contributed by atoms with E-state index in [9.17, 15) is 19.8 Å². The minimum atomic E-state index is -0.546. The number of nitrogens with one attached hydrogen (secondary N) is 2. The summed E-state index contributed by atoms with van der Waals surface area (Å²) in [5, 5.41) is 27.4. The largest absolute Gasteiger partial charge is 0.497 e. The number of fused-ring (bicyclic) bond motifs is 1. The maximum Gasteiger partial charge on any atom is 0.274 e. The molecule has 2 amide bonds. The lowest BCUT2D eigenvalue weighted by atomic mass is 9.95. The normalized spacial score (nSPS) is 14.5. The van der Waals surface area contributed by atoms with Gasteiger partial charge in [-0.1, -0.05) is 12.1 Å². The van der Waals surface area contributed by atoms with E-state index in [2.05, 4.69) is 15.8 Å². The SMILES string of the molecule is COc1ccc(/C=N/NC(=O)c2c(NC(=O)c3cccc(CN(CC(C)O)CC(C)O)c3)sc3c2CCCC3)cc1. The third kappa shape index (κ3) is 8.46. The number of ether oxygens (including phenoxy) is 1. The number of rotatable bonds is 12. The lowest BCUT2D eigenvalue weighted by Crippen LogP contribution is -2.35. The fourth-order valence-electron chi connectivity index (χ4n) is 5.00. The van der Waals surface area contributed by atoms with Gasteiger partial charge in [-0.3, -0.25) is 14.5 Å². The molecule has 2 atom stereocenters. The number of methoxy groups -OCH3 is 1. The summed E-state index contributed by atoms with van der Waals surface area (Å²) in [4.78, 5) is 29.8. The summed E-state index contributed by atoms with van der Waals surface area (Å²) in [5.74, 6) is 0.0720. The van der Waals surface area contributed by atoms with E-state index >= 15 is 0 Å². The number of thiophene rings is 1. The summed E-state index contributed by atoms with van der Waals surface area (Å²) in [6.45, 7) is 4.70. The Bertz CT molecular complexity index is 1360. The molecule has 4 rings (SSSR count). The Hall–Kier alpha value is -3.57. The van der Waals surface area contributed by atoms with Gasteiger partial charge in [0.25, 0.3) is 11.8 Å². The molecule has 1 aromatic heterocycles. The van der Waals surface area contributed by atoms with Crippen molar-refractivity contribution in [2.45, 2.75) is 58.3 Å². The lowest BCUT2D eigenvalue weighted by Gasteiger charge is -2.25. The van der Waals surface area contributed by atoms with Crippen molar-refractivity contribution in [3.8, 4) is 5.75 Å². The van der Waals surface area contributed by atoms with E-state index in [0.717, 1.165) is 53.0 Å². The number of amides is 2. The molecule has 0 radical (unpaired) electrons. The van der Waals surface area contributed by atoms with Crippen LogP contribution in [0.2, 0.25) is 0 Å². The minimum Gasteiger partial charge on any atom is -0.497 e. The van der Waals surface area contributed by atoms with Crippen LogP contribution in [0.5, 0.6) is 5.75 Å². The molecule has 218 valence electrons. The molecule has 0 spiro atoms. The number of aryl methyl sites for hydroxylation is 1. The van der Waals surface area contributed by atoms with Crippen LogP contribution < -0.4 is 15.5 Å². The molecule has 10 heteroatoms. The highest BCUT2D eigenvalue weighted by atomic mass is 32.1. The monoisotopic (exact) mass is 578 g/mol. The number of anilines is 1. The van der Waals surface area contributed by atoms with Crippen LogP contribution in [0, 0.1) is 0 Å². The fourth-order valence-corrected chi connectivity index (χ4v) is 6.28. The van der Waals surface area contributed by atoms with Gasteiger partial charge in [-0.25, -0.2) is 5.43 Å². The highest BCUT2D eigenvalue weighted by molar-refractivity contribution is 7.17. The van der Waals surface area contributed by atoms with Crippen molar-refractivity contribution in [1.29, 1.82) is 0 Å². The topological polar surface area (TPSA) is 123 Å². The Morgan fingerprint density at radius 2 is 1.76 bits per heavy atom. The first-order valence-electron chi connectivity index (χ1n) is 13.8. The molecule has 1 aliphatic carbocycles. The van der Waals surface area contributed by atoms with Crippen LogP contribution in [-0.4, -0.2) is 65.5 Å². The van der Waals surface area contributed by atoms with Gasteiger partial charge in [0.15, 0.2) is 0 Å². The molecule has 0 fully saturated rings. The number of carbonyl (C=O) groups is 2. The molecule has 2 aromatic carbocycles. The van der Waals surface area contributed by atoms with Gasteiger partial charge in [-0.05, 0) is 92.6 Å². The zero-order chi connectivity index (χ0) is 29.4. The molecule has 9 nitrogen and oxygen atoms in total. The van der Waals surface area contributed by atoms with Crippen LogP contribution in [0.1, 0.15) is 69.0 Å². The highest BCUT2D eigenvalue weighted by Crippen LogP contribution is 2.38. The van der Waals surface area contributed by atoms with Crippen LogP contribution in [0.3, 0.4) is 0 Å². The fraction of sp³-hybridized carbons (Fsp3) is 0.387. The number of hydrogen-bond acceptors (Lipinski definition) is 8. The summed E-state index contributed by atoms with van der Waals surface area (Å²) in [5.41, 5.74) is 6.25. The zero-order valence-electron chi connectivity index (χ0n) is 23.7. The number of hydrazone groups is 1. The standard InChI is InChI=1S/C31H38N4O5S/c1-20(36)17-35(18-21(2)37)19-23-7-6-8-24(15-23)29(38)33-31-28(26-9-4-5-10-27(26)41-31)30(39)34-32-16-22-11-13-25(40-3)14-12-22/h6-8,11-16,20-21,36-37H,4-5,9-10,17-19H2,1-3H3,(H,33,38)(H,34,39)/b32-16+. The summed E-state index contributed by atoms with van der Waals surface area (Å²) in [6.07, 6.45) is 4.18. The predicted molar refractivity (Wildman–Crippen MR) is 162 cm³/mol. The smallest absolute Gasteiger partial charge is 0.274 e. The van der Waals surface area contributed by atoms with Gasteiger partial charge in [0.2, 0.25) is 0 Å². The second kappa shape index (κ2) is 14.4. The van der Waals surface area contributed by atoms with E-state index in [-0.39, 0.29) is 11.8 Å². The van der Waals surface area contributed by atoms with E-state index in [1.54, 1.807) is 39.3 Å². The average Bonchev–Trinajstić information content (AvgIpc) is 3.30. The second-order valence-electron chi connectivity index (χ2n) is 10.4. The molecule has 0 aliphatic heterocycles. The van der Waals surface area contributed by atoms with Crippen LogP contribution >= 0.6 is 11.3 Å². The van der Waals surface area contributed by atoms with Crippen molar-refractivity contribution in [1.82, 2.24) is 10.3 Å². The molecule has 0 saturated heterocycles. The minimum absolute atomic E-state index is 0.307. The van der Waals surface area contributed by atoms with Gasteiger partial charge in [0.05, 0.1) is 31.1 Å². The molecule has 0 saturated carbocycles. The second-order valence-corrected chi connectivity index (χ2v) is 11.5. The van der Waals surface area contributed by atoms with Crippen LogP contribution in [0.25, 0.3) is 0 Å². The van der Waals surface area contributed by atoms with E-state index in [0.29, 0.717) is 35.8 Å². The molecule has 1 heterocycles. The number of benzene rings is 2. The van der Waals surface area contributed by atoms with E-state index in [1.807, 2.05) is 41.3 Å². The molecule has 0 bridgehead atoms. The Morgan fingerprint density at radius 3 is 2.44 bits per heavy atom. The van der Waals surface area contributed by atoms with Crippen molar-refractivity contribution in [2.75, 3.05) is 25.5 Å². The predicted octanol–water partition coefficient (Wildman–Crippen LogP) is 4.22. The highest BCUT2D eigenvalue weighted by Gasteiger charge is 2.26. The molecular formula is C31H38N4O5S. The number of hydrogen-bond donors (Lipinski definition) is 4. The van der Waals surface area contributed by atoms with Crippen molar-refractivity contribution < 1.29 is 24.5 Å². The Morgan fingerprint density at radius 1 is 1.05 bits per heavy atom. The van der Waals surface area contributed by atoms with Crippen molar-refractivity contribution in [2.24, 2.45) is 5.10 Å². The van der Waals surface area contributed by atoms with Crippen LogP contribution in [0.4, 0.5) is 5.00 Å². The Labute approximate surface area is 244 Å². The summed E-state index contributed by atoms with van der Waals surface area (Å²) >= 11 is 1.45. The van der Waals surface area contributed by atoms with Gasteiger partial charge in [0, 0.05) is 30.1 Å². The summed E-state index contributed by atoms with van der Waals surface area (Å²) in [6, 6.07) is 14.6. The van der Waals surface area contributed by atoms with Crippen LogP contribution in [-0.2, 0) is 19.4 Å². The Kier molecular flexibility index (Phi) is 10.6. The van der Waals surface area contributed by atoms with Gasteiger partial charge < -0.3 is 20.3 Å². The number of aliphatic hydroxyl groups excluding tert-OH is 2. The summed E-state index contributed by atoms with van der Waals surface area (Å²) in [7, 11) is 1.60. The molecule has 4 N–H and O–H groups in total. The first-order valence-corrected chi connectivity index (χ1v) is 14.7. The number of carbonyl (C=O) groups excluding carboxylic acids is 2. The third-order valence-electron chi connectivity index (χ3n) is 6.76. The first kappa shape index (κ1) is 30.4. The molecular weight excluding hydrogens is 540 g/mol. The average molecular weight is 579 g/mol. The molecule has 3 aromatic rings. The van der Waals surface area contributed by atoms with E-state index in [1.165, 1.54) is 11.3 Å². The van der Waals surface area contributed by atoms with Gasteiger partial charge >= 0.3 is 0 Å². The number of aliphatic hydroxyl groups is 2. The maximum atomic E-state index is 13.4. The molecule has 1 aliphatic rings. The third-order valence-corrected chi connectivity index (χ3v) is 7.97. The van der Waals surface area contributed by atoms with Crippen molar-refractivity contribution >= 4 is 34.4 Å². The van der Waals surface area contributed by atoms with Gasteiger partial charge in [-0.15, -0.1) is 11.3 Å². The summed E-state index contributed by atoms with van der Waals surface area (Å²) < 4.78 is 5.17. The maximum absolute atomic E-state index is 13.4. The lowest BCUT2D eigenvalue weighted by molar-refractivity contribution is 0.0793. The quantitative estimate of drug-likeness (QED) is 0.189. The van der Waals surface area contributed by atoms with Crippen molar-refractivity contribution in [3.05, 3.63) is 81.2 Å². The van der Waals surface area contributed by atoms with Gasteiger partial charge in [-0.2, -0.15) is 5.10 Å². The van der Waals surface area contributed by atoms with E-state index in [4.69, 9.17) is 4.74 Å². The van der Waals surface area contributed by atoms with Crippen LogP contribution in [0.15, 0.2) is 53.6 Å². The van der Waals surface area contributed by atoms with E-state index < -0.39 is 12.2 Å². The zero-order valence-corrected chi connectivity index (χ0v) is 24.5.